The largest absolute Gasteiger partial charge is 0.493 e. The number of carbonyl (C=O) groups excluding carboxylic acids is 1. The summed E-state index contributed by atoms with van der Waals surface area (Å²) in [7, 11) is 3.18. The maximum atomic E-state index is 12.1. The fourth-order valence-corrected chi connectivity index (χ4v) is 3.32. The molecule has 7 heteroatoms. The van der Waals surface area contributed by atoms with Gasteiger partial charge in [0.05, 0.1) is 19.9 Å². The SMILES string of the molecule is CC/C(=N/NC(=O)CCSc1ccc(Cl)cc1)c1ccc(OC)c(OC)c1. The first-order valence-electron chi connectivity index (χ1n) is 8.53. The van der Waals surface area contributed by atoms with E-state index in [0.29, 0.717) is 35.1 Å². The van der Waals surface area contributed by atoms with Crippen LogP contribution in [0.25, 0.3) is 0 Å². The van der Waals surface area contributed by atoms with Gasteiger partial charge in [0.25, 0.3) is 0 Å². The number of amides is 1. The Kier molecular flexibility index (Phi) is 8.48. The lowest BCUT2D eigenvalue weighted by Crippen LogP contribution is -2.20. The standard InChI is InChI=1S/C20H23ClN2O3S/c1-4-17(14-5-10-18(25-2)19(13-14)26-3)22-23-20(24)11-12-27-16-8-6-15(21)7-9-16/h5-10,13H,4,11-12H2,1-3H3,(H,23,24)/b22-17-. The molecule has 0 saturated carbocycles. The topological polar surface area (TPSA) is 59.9 Å². The van der Waals surface area contributed by atoms with Gasteiger partial charge in [0, 0.05) is 27.7 Å². The Morgan fingerprint density at radius 2 is 1.81 bits per heavy atom. The molecule has 0 spiro atoms. The smallest absolute Gasteiger partial charge is 0.240 e. The van der Waals surface area contributed by atoms with Crippen molar-refractivity contribution in [3.05, 3.63) is 53.1 Å². The van der Waals surface area contributed by atoms with Crippen molar-refractivity contribution in [1.82, 2.24) is 5.43 Å². The number of nitrogens with zero attached hydrogens (tertiary/aromatic N) is 1. The number of methoxy groups -OCH3 is 2. The van der Waals surface area contributed by atoms with Crippen LogP contribution in [-0.2, 0) is 4.79 Å². The molecule has 2 aromatic rings. The second-order valence-electron chi connectivity index (χ2n) is 5.57. The number of benzene rings is 2. The zero-order valence-electron chi connectivity index (χ0n) is 15.6. The summed E-state index contributed by atoms with van der Waals surface area (Å²) >= 11 is 7.47. The number of carbonyl (C=O) groups is 1. The third-order valence-corrected chi connectivity index (χ3v) is 5.04. The highest BCUT2D eigenvalue weighted by molar-refractivity contribution is 7.99. The number of thioether (sulfide) groups is 1. The molecule has 0 fully saturated rings. The van der Waals surface area contributed by atoms with Gasteiger partial charge in [0.1, 0.15) is 0 Å². The van der Waals surface area contributed by atoms with E-state index < -0.39 is 0 Å². The molecule has 2 aromatic carbocycles. The van der Waals surface area contributed by atoms with E-state index in [1.165, 1.54) is 0 Å². The van der Waals surface area contributed by atoms with Crippen LogP contribution in [0.1, 0.15) is 25.3 Å². The number of hydrogen-bond donors (Lipinski definition) is 1. The van der Waals surface area contributed by atoms with Crippen LogP contribution in [0.3, 0.4) is 0 Å². The number of rotatable bonds is 9. The first kappa shape index (κ1) is 21.1. The Morgan fingerprint density at radius 1 is 1.11 bits per heavy atom. The Balaban J connectivity index is 1.91. The Morgan fingerprint density at radius 3 is 2.44 bits per heavy atom. The Bertz CT molecular complexity index is 794. The van der Waals surface area contributed by atoms with Crippen LogP contribution in [0, 0.1) is 0 Å². The summed E-state index contributed by atoms with van der Waals surface area (Å²) in [4.78, 5) is 13.1. The summed E-state index contributed by atoms with van der Waals surface area (Å²) in [6.45, 7) is 1.98. The van der Waals surface area contributed by atoms with Crippen molar-refractivity contribution in [3.63, 3.8) is 0 Å². The van der Waals surface area contributed by atoms with E-state index in [9.17, 15) is 4.79 Å². The second kappa shape index (κ2) is 10.8. The lowest BCUT2D eigenvalue weighted by atomic mass is 10.1. The average Bonchev–Trinajstić information content (AvgIpc) is 2.69. The van der Waals surface area contributed by atoms with Gasteiger partial charge in [-0.1, -0.05) is 18.5 Å². The zero-order valence-corrected chi connectivity index (χ0v) is 17.2. The average molecular weight is 407 g/mol. The highest BCUT2D eigenvalue weighted by Gasteiger charge is 2.09. The monoisotopic (exact) mass is 406 g/mol. The highest BCUT2D eigenvalue weighted by Crippen LogP contribution is 2.28. The molecule has 0 aliphatic heterocycles. The summed E-state index contributed by atoms with van der Waals surface area (Å²) in [5, 5.41) is 4.98. The highest BCUT2D eigenvalue weighted by atomic mass is 35.5. The molecular weight excluding hydrogens is 384 g/mol. The van der Waals surface area contributed by atoms with Gasteiger partial charge in [-0.15, -0.1) is 11.8 Å². The Labute approximate surface area is 169 Å². The van der Waals surface area contributed by atoms with E-state index in [-0.39, 0.29) is 5.91 Å². The van der Waals surface area contributed by atoms with E-state index in [0.717, 1.165) is 16.2 Å². The van der Waals surface area contributed by atoms with Gasteiger partial charge in [-0.2, -0.15) is 5.10 Å². The maximum absolute atomic E-state index is 12.1. The zero-order chi connectivity index (χ0) is 19.6. The van der Waals surface area contributed by atoms with Gasteiger partial charge in [0.15, 0.2) is 11.5 Å². The van der Waals surface area contributed by atoms with Crippen LogP contribution in [-0.4, -0.2) is 31.6 Å². The minimum Gasteiger partial charge on any atom is -0.493 e. The lowest BCUT2D eigenvalue weighted by Gasteiger charge is -2.10. The molecule has 0 bridgehead atoms. The van der Waals surface area contributed by atoms with Gasteiger partial charge in [0.2, 0.25) is 5.91 Å². The molecule has 2 rings (SSSR count). The van der Waals surface area contributed by atoms with Crippen LogP contribution < -0.4 is 14.9 Å². The molecule has 0 heterocycles. The van der Waals surface area contributed by atoms with Crippen LogP contribution in [0.5, 0.6) is 11.5 Å². The van der Waals surface area contributed by atoms with Gasteiger partial charge in [-0.05, 0) is 48.9 Å². The van der Waals surface area contributed by atoms with Crippen molar-refractivity contribution >= 4 is 35.0 Å². The molecule has 1 amide bonds. The quantitative estimate of drug-likeness (QED) is 0.370. The Hall–Kier alpha value is -2.18. The van der Waals surface area contributed by atoms with Crippen molar-refractivity contribution in [2.24, 2.45) is 5.10 Å². The molecule has 0 radical (unpaired) electrons. The maximum Gasteiger partial charge on any atom is 0.240 e. The van der Waals surface area contributed by atoms with Crippen LogP contribution >= 0.6 is 23.4 Å². The van der Waals surface area contributed by atoms with Crippen molar-refractivity contribution < 1.29 is 14.3 Å². The summed E-state index contributed by atoms with van der Waals surface area (Å²) < 4.78 is 10.6. The number of nitrogens with one attached hydrogen (secondary N) is 1. The third kappa shape index (κ3) is 6.48. The van der Waals surface area contributed by atoms with E-state index >= 15 is 0 Å². The minimum absolute atomic E-state index is 0.122. The van der Waals surface area contributed by atoms with Gasteiger partial charge < -0.3 is 9.47 Å². The van der Waals surface area contributed by atoms with E-state index in [4.69, 9.17) is 21.1 Å². The summed E-state index contributed by atoms with van der Waals surface area (Å²) in [5.74, 6) is 1.82. The molecule has 0 saturated heterocycles. The fourth-order valence-electron chi connectivity index (χ4n) is 2.34. The molecular formula is C20H23ClN2O3S. The third-order valence-electron chi connectivity index (χ3n) is 3.78. The van der Waals surface area contributed by atoms with Crippen molar-refractivity contribution in [1.29, 1.82) is 0 Å². The van der Waals surface area contributed by atoms with Crippen molar-refractivity contribution in [2.45, 2.75) is 24.7 Å². The molecule has 0 aromatic heterocycles. The molecule has 144 valence electrons. The predicted octanol–water partition coefficient (Wildman–Crippen LogP) is 4.77. The van der Waals surface area contributed by atoms with Crippen molar-refractivity contribution in [3.8, 4) is 11.5 Å². The number of halogens is 1. The van der Waals surface area contributed by atoms with E-state index in [1.807, 2.05) is 49.4 Å². The molecule has 0 aliphatic carbocycles. The van der Waals surface area contributed by atoms with E-state index in [1.54, 1.807) is 26.0 Å². The molecule has 1 N–H and O–H groups in total. The lowest BCUT2D eigenvalue weighted by molar-refractivity contribution is -0.120. The number of ether oxygens (including phenoxy) is 2. The van der Waals surface area contributed by atoms with Gasteiger partial charge in [-0.3, -0.25) is 4.79 Å². The van der Waals surface area contributed by atoms with Gasteiger partial charge in [-0.25, -0.2) is 5.43 Å². The molecule has 0 atom stereocenters. The number of hydrogen-bond acceptors (Lipinski definition) is 5. The molecule has 5 nitrogen and oxygen atoms in total. The minimum atomic E-state index is -0.122. The van der Waals surface area contributed by atoms with Crippen LogP contribution in [0.15, 0.2) is 52.5 Å². The normalized spacial score (nSPS) is 11.2. The number of hydrazone groups is 1. The molecule has 27 heavy (non-hydrogen) atoms. The van der Waals surface area contributed by atoms with Crippen LogP contribution in [0.4, 0.5) is 0 Å². The predicted molar refractivity (Wildman–Crippen MR) is 111 cm³/mol. The molecule has 0 aliphatic rings. The summed E-state index contributed by atoms with van der Waals surface area (Å²) in [6, 6.07) is 13.1. The first-order valence-corrected chi connectivity index (χ1v) is 9.90. The van der Waals surface area contributed by atoms with Gasteiger partial charge >= 0.3 is 0 Å². The van der Waals surface area contributed by atoms with E-state index in [2.05, 4.69) is 10.5 Å². The molecule has 0 unspecified atom stereocenters. The fraction of sp³-hybridized carbons (Fsp3) is 0.300. The first-order chi connectivity index (χ1) is 13.1. The summed E-state index contributed by atoms with van der Waals surface area (Å²) in [6.07, 6.45) is 1.05. The van der Waals surface area contributed by atoms with Crippen LogP contribution in [0.2, 0.25) is 5.02 Å². The van der Waals surface area contributed by atoms with Crippen molar-refractivity contribution in [2.75, 3.05) is 20.0 Å². The second-order valence-corrected chi connectivity index (χ2v) is 7.17. The summed E-state index contributed by atoms with van der Waals surface area (Å²) in [5.41, 5.74) is 4.29.